The van der Waals surface area contributed by atoms with Gasteiger partial charge in [-0.15, -0.1) is 0 Å². The third-order valence-corrected chi connectivity index (χ3v) is 4.49. The van der Waals surface area contributed by atoms with E-state index in [1.54, 1.807) is 49.3 Å². The number of pyridine rings is 1. The fourth-order valence-corrected chi connectivity index (χ4v) is 3.23. The molecule has 0 spiro atoms. The summed E-state index contributed by atoms with van der Waals surface area (Å²) in [6.07, 6.45) is 12.7. The normalized spacial score (nSPS) is 16.7. The first-order valence-corrected chi connectivity index (χ1v) is 8.88. The average molecular weight is 361 g/mol. The van der Waals surface area contributed by atoms with E-state index in [-0.39, 0.29) is 11.9 Å². The predicted molar refractivity (Wildman–Crippen MR) is 99.2 cm³/mol. The van der Waals surface area contributed by atoms with Crippen LogP contribution in [0.15, 0.2) is 55.4 Å². The van der Waals surface area contributed by atoms with Crippen LogP contribution >= 0.6 is 0 Å². The third kappa shape index (κ3) is 3.89. The van der Waals surface area contributed by atoms with Crippen LogP contribution in [0.3, 0.4) is 0 Å². The maximum atomic E-state index is 13.0. The fourth-order valence-electron chi connectivity index (χ4n) is 3.23. The van der Waals surface area contributed by atoms with Gasteiger partial charge < -0.3 is 10.2 Å². The number of nitrogens with zero attached hydrogens (tertiary/aromatic N) is 6. The Morgan fingerprint density at radius 3 is 2.78 bits per heavy atom. The van der Waals surface area contributed by atoms with Gasteiger partial charge in [-0.3, -0.25) is 14.8 Å². The van der Waals surface area contributed by atoms with Gasteiger partial charge in [0.25, 0.3) is 5.91 Å². The van der Waals surface area contributed by atoms with Gasteiger partial charge in [-0.05, 0) is 37.5 Å². The molecule has 0 bridgehead atoms. The van der Waals surface area contributed by atoms with Crippen molar-refractivity contribution in [2.24, 2.45) is 0 Å². The van der Waals surface area contributed by atoms with Crippen molar-refractivity contribution in [1.82, 2.24) is 29.8 Å². The van der Waals surface area contributed by atoms with Gasteiger partial charge in [0.2, 0.25) is 5.95 Å². The minimum absolute atomic E-state index is 0.0187. The summed E-state index contributed by atoms with van der Waals surface area (Å²) in [7, 11) is 0. The van der Waals surface area contributed by atoms with E-state index in [2.05, 4.69) is 30.2 Å². The summed E-state index contributed by atoms with van der Waals surface area (Å²) in [6.45, 7) is 0.704. The molecule has 8 nitrogen and oxygen atoms in total. The predicted octanol–water partition coefficient (Wildman–Crippen LogP) is 2.77. The third-order valence-electron chi connectivity index (χ3n) is 4.49. The van der Waals surface area contributed by atoms with Crippen LogP contribution in [0.5, 0.6) is 0 Å². The Kier molecular flexibility index (Phi) is 4.95. The number of nitrogens with one attached hydrogen (secondary N) is 1. The van der Waals surface area contributed by atoms with Gasteiger partial charge in [0, 0.05) is 37.5 Å². The molecule has 0 aromatic carbocycles. The number of hydrogen-bond acceptors (Lipinski definition) is 7. The summed E-state index contributed by atoms with van der Waals surface area (Å²) in [5.41, 5.74) is 1.41. The van der Waals surface area contributed by atoms with Crippen LogP contribution in [0, 0.1) is 0 Å². The van der Waals surface area contributed by atoms with Crippen molar-refractivity contribution in [3.63, 3.8) is 0 Å². The van der Waals surface area contributed by atoms with E-state index in [1.807, 2.05) is 11.0 Å². The molecule has 8 heteroatoms. The Bertz CT molecular complexity index is 904. The van der Waals surface area contributed by atoms with Crippen LogP contribution in [0.25, 0.3) is 0 Å². The Balaban J connectivity index is 1.58. The molecule has 1 N–H and O–H groups in total. The summed E-state index contributed by atoms with van der Waals surface area (Å²) in [4.78, 5) is 36.0. The Hall–Kier alpha value is -3.42. The highest BCUT2D eigenvalue weighted by Crippen LogP contribution is 2.31. The lowest BCUT2D eigenvalue weighted by molar-refractivity contribution is 0.0605. The zero-order valence-corrected chi connectivity index (χ0v) is 14.7. The van der Waals surface area contributed by atoms with Crippen molar-refractivity contribution < 1.29 is 4.79 Å². The fraction of sp³-hybridized carbons (Fsp3) is 0.263. The highest BCUT2D eigenvalue weighted by Gasteiger charge is 2.30. The zero-order valence-electron chi connectivity index (χ0n) is 14.7. The number of aromatic nitrogens is 5. The topological polar surface area (TPSA) is 96.8 Å². The summed E-state index contributed by atoms with van der Waals surface area (Å²) in [5, 5.41) is 3.05. The number of hydrogen-bond donors (Lipinski definition) is 1. The monoisotopic (exact) mass is 361 g/mol. The highest BCUT2D eigenvalue weighted by molar-refractivity contribution is 5.94. The number of amides is 1. The van der Waals surface area contributed by atoms with E-state index in [1.165, 1.54) is 0 Å². The van der Waals surface area contributed by atoms with E-state index < -0.39 is 0 Å². The van der Waals surface area contributed by atoms with Crippen LogP contribution in [0.4, 0.5) is 11.8 Å². The van der Waals surface area contributed by atoms with E-state index in [4.69, 9.17) is 0 Å². The van der Waals surface area contributed by atoms with Crippen molar-refractivity contribution >= 4 is 17.7 Å². The van der Waals surface area contributed by atoms with Gasteiger partial charge in [0.05, 0.1) is 23.5 Å². The summed E-state index contributed by atoms with van der Waals surface area (Å²) in [6, 6.07) is 5.35. The molecule has 0 radical (unpaired) electrons. The van der Waals surface area contributed by atoms with Crippen molar-refractivity contribution in [3.8, 4) is 0 Å². The lowest BCUT2D eigenvalue weighted by Gasteiger charge is -2.35. The molecule has 3 aromatic heterocycles. The molecule has 4 heterocycles. The summed E-state index contributed by atoms with van der Waals surface area (Å²) in [5.74, 6) is 0.990. The number of piperidine rings is 1. The minimum atomic E-state index is -0.0862. The largest absolute Gasteiger partial charge is 0.330 e. The molecule has 0 unspecified atom stereocenters. The van der Waals surface area contributed by atoms with Crippen LogP contribution in [0.1, 0.15) is 41.4 Å². The summed E-state index contributed by atoms with van der Waals surface area (Å²) >= 11 is 0. The molecule has 4 rings (SSSR count). The number of rotatable bonds is 4. The second kappa shape index (κ2) is 7.86. The van der Waals surface area contributed by atoms with Crippen LogP contribution < -0.4 is 5.32 Å². The molecule has 1 atom stereocenters. The maximum absolute atomic E-state index is 13.0. The number of anilines is 2. The van der Waals surface area contributed by atoms with Crippen LogP contribution in [-0.4, -0.2) is 42.3 Å². The molecular weight excluding hydrogens is 342 g/mol. The first-order chi connectivity index (χ1) is 13.3. The molecule has 27 heavy (non-hydrogen) atoms. The molecule has 0 aliphatic carbocycles. The second-order valence-electron chi connectivity index (χ2n) is 6.27. The van der Waals surface area contributed by atoms with Gasteiger partial charge in [-0.25, -0.2) is 15.0 Å². The molecule has 1 amide bonds. The van der Waals surface area contributed by atoms with Crippen LogP contribution in [-0.2, 0) is 0 Å². The van der Waals surface area contributed by atoms with Crippen molar-refractivity contribution in [2.45, 2.75) is 25.3 Å². The Morgan fingerprint density at radius 2 is 1.96 bits per heavy atom. The van der Waals surface area contributed by atoms with Crippen LogP contribution in [0.2, 0.25) is 0 Å². The molecule has 1 fully saturated rings. The van der Waals surface area contributed by atoms with Crippen molar-refractivity contribution in [3.05, 3.63) is 66.6 Å². The number of likely N-dealkylation sites (tertiary alicyclic amines) is 1. The lowest BCUT2D eigenvalue weighted by atomic mass is 9.98. The smallest absolute Gasteiger partial charge is 0.255 e. The quantitative estimate of drug-likeness (QED) is 0.763. The van der Waals surface area contributed by atoms with E-state index >= 15 is 0 Å². The number of carbonyl (C=O) groups excluding carboxylic acids is 1. The minimum Gasteiger partial charge on any atom is -0.330 e. The molecule has 0 saturated carbocycles. The van der Waals surface area contributed by atoms with Crippen molar-refractivity contribution in [2.75, 3.05) is 11.9 Å². The molecule has 1 aliphatic heterocycles. The van der Waals surface area contributed by atoms with E-state index in [9.17, 15) is 4.79 Å². The SMILES string of the molecule is O=C(c1cccnc1)N1CCCC[C@H]1c1ccnc(Nc2cnccn2)n1. The van der Waals surface area contributed by atoms with Gasteiger partial charge in [-0.1, -0.05) is 0 Å². The highest BCUT2D eigenvalue weighted by atomic mass is 16.2. The molecule has 1 aliphatic rings. The van der Waals surface area contributed by atoms with Gasteiger partial charge in [0.1, 0.15) is 0 Å². The average Bonchev–Trinajstić information content (AvgIpc) is 2.75. The first-order valence-electron chi connectivity index (χ1n) is 8.88. The van der Waals surface area contributed by atoms with Gasteiger partial charge >= 0.3 is 0 Å². The van der Waals surface area contributed by atoms with E-state index in [0.29, 0.717) is 23.9 Å². The lowest BCUT2D eigenvalue weighted by Crippen LogP contribution is -2.39. The van der Waals surface area contributed by atoms with E-state index in [0.717, 1.165) is 25.0 Å². The molecule has 136 valence electrons. The summed E-state index contributed by atoms with van der Waals surface area (Å²) < 4.78 is 0. The maximum Gasteiger partial charge on any atom is 0.255 e. The first kappa shape index (κ1) is 17.0. The van der Waals surface area contributed by atoms with Gasteiger partial charge in [-0.2, -0.15) is 0 Å². The Labute approximate surface area is 156 Å². The number of carbonyl (C=O) groups is 1. The van der Waals surface area contributed by atoms with Gasteiger partial charge in [0.15, 0.2) is 5.82 Å². The van der Waals surface area contributed by atoms with Crippen molar-refractivity contribution in [1.29, 1.82) is 0 Å². The molecular formula is C19H19N7O. The zero-order chi connectivity index (χ0) is 18.5. The second-order valence-corrected chi connectivity index (χ2v) is 6.27. The Morgan fingerprint density at radius 1 is 1.04 bits per heavy atom. The molecule has 3 aromatic rings. The molecule has 1 saturated heterocycles. The standard InChI is InChI=1S/C19H19N7O/c27-18(14-4-3-7-20-12-14)26-11-2-1-5-16(26)15-6-8-23-19(24-15)25-17-13-21-9-10-22-17/h3-4,6-10,12-13,16H,1-2,5,11H2,(H,22,23,24,25)/t16-/m0/s1.